The first kappa shape index (κ1) is 12.3. The van der Waals surface area contributed by atoms with E-state index in [1.807, 2.05) is 12.1 Å². The van der Waals surface area contributed by atoms with Crippen LogP contribution < -0.4 is 0 Å². The third-order valence-corrected chi connectivity index (χ3v) is 3.82. The monoisotopic (exact) mass is 259 g/mol. The molecule has 1 aromatic heterocycles. The van der Waals surface area contributed by atoms with E-state index in [1.54, 1.807) is 6.07 Å². The predicted molar refractivity (Wildman–Crippen MR) is 71.3 cm³/mol. The minimum absolute atomic E-state index is 0.171. The number of halogens is 1. The van der Waals surface area contributed by atoms with Crippen LogP contribution >= 0.6 is 0 Å². The number of hydrogen-bond acceptors (Lipinski definition) is 2. The fraction of sp³-hybridized carbons (Fsp3) is 0.467. The second-order valence-corrected chi connectivity index (χ2v) is 6.05. The van der Waals surface area contributed by atoms with Crippen molar-refractivity contribution in [2.24, 2.45) is 5.41 Å². The molecule has 0 aliphatic carbocycles. The summed E-state index contributed by atoms with van der Waals surface area (Å²) in [6.07, 6.45) is 2.60. The smallest absolute Gasteiger partial charge is 0.137 e. The zero-order chi connectivity index (χ0) is 13.5. The summed E-state index contributed by atoms with van der Waals surface area (Å²) < 4.78 is 15.9. The van der Waals surface area contributed by atoms with Crippen molar-refractivity contribution in [2.75, 3.05) is 0 Å². The Morgan fingerprint density at radius 3 is 2.84 bits per heavy atom. The number of rotatable bonds is 2. The lowest BCUT2D eigenvalue weighted by Crippen LogP contribution is -2.28. The summed E-state index contributed by atoms with van der Waals surface area (Å²) in [4.78, 5) is 0. The van der Waals surface area contributed by atoms with Gasteiger partial charge in [0, 0.05) is 19.4 Å². The molecule has 3 rings (SSSR count). The first-order valence-corrected chi connectivity index (χ1v) is 6.69. The summed E-state index contributed by atoms with van der Waals surface area (Å²) in [7, 11) is 0. The molecule has 0 bridgehead atoms. The highest BCUT2D eigenvalue weighted by atomic mass is 19.1. The molecule has 0 saturated carbocycles. The molecule has 0 N–H and O–H groups in total. The van der Waals surface area contributed by atoms with Crippen LogP contribution in [0.5, 0.6) is 0 Å². The van der Waals surface area contributed by atoms with Gasteiger partial charge in [0.05, 0.1) is 0 Å². The van der Waals surface area contributed by atoms with Crippen LogP contribution in [-0.4, -0.2) is 14.8 Å². The molecule has 0 amide bonds. The molecule has 0 spiro atoms. The number of hydrogen-bond donors (Lipinski definition) is 0. The van der Waals surface area contributed by atoms with Crippen molar-refractivity contribution in [1.29, 1.82) is 0 Å². The van der Waals surface area contributed by atoms with E-state index in [-0.39, 0.29) is 11.2 Å². The number of aromatic nitrogens is 3. The normalized spacial score (nSPS) is 17.2. The van der Waals surface area contributed by atoms with Crippen molar-refractivity contribution in [2.45, 2.75) is 39.7 Å². The second kappa shape index (κ2) is 4.44. The summed E-state index contributed by atoms with van der Waals surface area (Å²) in [6.45, 7) is 5.42. The van der Waals surface area contributed by atoms with Crippen molar-refractivity contribution >= 4 is 0 Å². The highest BCUT2D eigenvalue weighted by molar-refractivity contribution is 5.21. The summed E-state index contributed by atoms with van der Waals surface area (Å²) in [5.74, 6) is 1.73. The SMILES string of the molecule is CC1(C)CCc2nnc(Cc3ccccc3F)n2C1. The zero-order valence-corrected chi connectivity index (χ0v) is 11.4. The third-order valence-electron chi connectivity index (χ3n) is 3.82. The highest BCUT2D eigenvalue weighted by Crippen LogP contribution is 2.31. The quantitative estimate of drug-likeness (QED) is 0.830. The first-order valence-electron chi connectivity index (χ1n) is 6.69. The van der Waals surface area contributed by atoms with Crippen molar-refractivity contribution in [3.05, 3.63) is 47.3 Å². The topological polar surface area (TPSA) is 30.7 Å². The van der Waals surface area contributed by atoms with Gasteiger partial charge in [-0.15, -0.1) is 10.2 Å². The number of nitrogens with zero attached hydrogens (tertiary/aromatic N) is 3. The fourth-order valence-electron chi connectivity index (χ4n) is 2.64. The minimum atomic E-state index is -0.171. The number of aryl methyl sites for hydroxylation is 1. The maximum absolute atomic E-state index is 13.7. The molecule has 1 aromatic carbocycles. The molecule has 2 aromatic rings. The van der Waals surface area contributed by atoms with Crippen molar-refractivity contribution < 1.29 is 4.39 Å². The van der Waals surface area contributed by atoms with E-state index in [2.05, 4.69) is 28.6 Å². The zero-order valence-electron chi connectivity index (χ0n) is 11.4. The average Bonchev–Trinajstić information content (AvgIpc) is 2.73. The van der Waals surface area contributed by atoms with Crippen LogP contribution in [0.1, 0.15) is 37.5 Å². The Morgan fingerprint density at radius 2 is 2.05 bits per heavy atom. The molecular weight excluding hydrogens is 241 g/mol. The molecule has 100 valence electrons. The van der Waals surface area contributed by atoms with Crippen LogP contribution in [0.2, 0.25) is 0 Å². The Labute approximate surface area is 112 Å². The van der Waals surface area contributed by atoms with Gasteiger partial charge in [0.1, 0.15) is 17.5 Å². The Morgan fingerprint density at radius 1 is 1.26 bits per heavy atom. The minimum Gasteiger partial charge on any atom is -0.314 e. The molecule has 0 fully saturated rings. The molecule has 0 atom stereocenters. The van der Waals surface area contributed by atoms with Crippen LogP contribution in [0.3, 0.4) is 0 Å². The van der Waals surface area contributed by atoms with Crippen molar-refractivity contribution in [1.82, 2.24) is 14.8 Å². The standard InChI is InChI=1S/C15H18FN3/c1-15(2)8-7-13-17-18-14(19(13)10-15)9-11-5-3-4-6-12(11)16/h3-6H,7-10H2,1-2H3. The fourth-order valence-corrected chi connectivity index (χ4v) is 2.64. The van der Waals surface area contributed by atoms with E-state index in [0.717, 1.165) is 31.0 Å². The van der Waals surface area contributed by atoms with Crippen LogP contribution in [0, 0.1) is 11.2 Å². The maximum Gasteiger partial charge on any atom is 0.137 e. The maximum atomic E-state index is 13.7. The van der Waals surface area contributed by atoms with Gasteiger partial charge < -0.3 is 4.57 Å². The molecular formula is C15H18FN3. The van der Waals surface area contributed by atoms with E-state index in [1.165, 1.54) is 6.07 Å². The van der Waals surface area contributed by atoms with E-state index in [0.29, 0.717) is 12.0 Å². The van der Waals surface area contributed by atoms with Gasteiger partial charge >= 0.3 is 0 Å². The first-order chi connectivity index (χ1) is 9.05. The lowest BCUT2D eigenvalue weighted by atomic mass is 9.85. The van der Waals surface area contributed by atoms with Crippen LogP contribution in [0.15, 0.2) is 24.3 Å². The van der Waals surface area contributed by atoms with Gasteiger partial charge in [0.15, 0.2) is 0 Å². The van der Waals surface area contributed by atoms with Crippen molar-refractivity contribution in [3.63, 3.8) is 0 Å². The van der Waals surface area contributed by atoms with Crippen LogP contribution in [-0.2, 0) is 19.4 Å². The lowest BCUT2D eigenvalue weighted by molar-refractivity contribution is 0.244. The molecule has 3 nitrogen and oxygen atoms in total. The van der Waals surface area contributed by atoms with E-state index < -0.39 is 0 Å². The van der Waals surface area contributed by atoms with Gasteiger partial charge in [-0.05, 0) is 23.5 Å². The average molecular weight is 259 g/mol. The summed E-state index contributed by atoms with van der Waals surface area (Å²) in [5.41, 5.74) is 0.945. The highest BCUT2D eigenvalue weighted by Gasteiger charge is 2.28. The van der Waals surface area contributed by atoms with Gasteiger partial charge in [0.2, 0.25) is 0 Å². The predicted octanol–water partition coefficient (Wildman–Crippen LogP) is 2.98. The summed E-state index contributed by atoms with van der Waals surface area (Å²) >= 11 is 0. The van der Waals surface area contributed by atoms with E-state index in [4.69, 9.17) is 0 Å². The number of benzene rings is 1. The molecule has 4 heteroatoms. The Kier molecular flexibility index (Phi) is 2.88. The van der Waals surface area contributed by atoms with Crippen LogP contribution in [0.4, 0.5) is 4.39 Å². The Balaban J connectivity index is 1.92. The Hall–Kier alpha value is -1.71. The largest absolute Gasteiger partial charge is 0.314 e. The molecule has 2 heterocycles. The molecule has 0 saturated heterocycles. The second-order valence-electron chi connectivity index (χ2n) is 6.05. The van der Waals surface area contributed by atoms with Crippen molar-refractivity contribution in [3.8, 4) is 0 Å². The number of fused-ring (bicyclic) bond motifs is 1. The summed E-state index contributed by atoms with van der Waals surface area (Å²) in [6, 6.07) is 6.87. The van der Waals surface area contributed by atoms with Gasteiger partial charge in [-0.25, -0.2) is 4.39 Å². The summed E-state index contributed by atoms with van der Waals surface area (Å²) in [5, 5.41) is 8.48. The van der Waals surface area contributed by atoms with Crippen LogP contribution in [0.25, 0.3) is 0 Å². The molecule has 1 aliphatic heterocycles. The van der Waals surface area contributed by atoms with Gasteiger partial charge in [0.25, 0.3) is 0 Å². The molecule has 0 radical (unpaired) electrons. The van der Waals surface area contributed by atoms with E-state index in [9.17, 15) is 4.39 Å². The van der Waals surface area contributed by atoms with Gasteiger partial charge in [-0.2, -0.15) is 0 Å². The molecule has 1 aliphatic rings. The third kappa shape index (κ3) is 2.39. The van der Waals surface area contributed by atoms with E-state index >= 15 is 0 Å². The lowest BCUT2D eigenvalue weighted by Gasteiger charge is -2.30. The Bertz CT molecular complexity index is 601. The molecule has 0 unspecified atom stereocenters. The molecule has 19 heavy (non-hydrogen) atoms. The van der Waals surface area contributed by atoms with Gasteiger partial charge in [-0.1, -0.05) is 32.0 Å². The van der Waals surface area contributed by atoms with Gasteiger partial charge in [-0.3, -0.25) is 0 Å².